The smallest absolute Gasteiger partial charge is 0.347 e. The molecule has 1 aromatic heterocycles. The van der Waals surface area contributed by atoms with Crippen LogP contribution >= 0.6 is 0 Å². The second-order valence-corrected chi connectivity index (χ2v) is 7.64. The third kappa shape index (κ3) is 4.64. The summed E-state index contributed by atoms with van der Waals surface area (Å²) in [5.41, 5.74) is 3.15. The van der Waals surface area contributed by atoms with Crippen LogP contribution in [0.25, 0.3) is 11.0 Å². The Balaban J connectivity index is 1.87. The van der Waals surface area contributed by atoms with Crippen LogP contribution in [0.1, 0.15) is 37.5 Å². The van der Waals surface area contributed by atoms with Gasteiger partial charge in [0.05, 0.1) is 11.5 Å². The van der Waals surface area contributed by atoms with E-state index in [0.29, 0.717) is 22.5 Å². The van der Waals surface area contributed by atoms with Crippen molar-refractivity contribution < 1.29 is 23.4 Å². The molecule has 3 aromatic rings. The molecule has 2 aromatic carbocycles. The summed E-state index contributed by atoms with van der Waals surface area (Å²) in [7, 11) is 0. The molecule has 1 unspecified atom stereocenters. The van der Waals surface area contributed by atoms with Crippen molar-refractivity contribution in [1.29, 1.82) is 0 Å². The number of benzene rings is 2. The average Bonchev–Trinajstić information content (AvgIpc) is 2.67. The van der Waals surface area contributed by atoms with Crippen LogP contribution in [0.2, 0.25) is 0 Å². The third-order valence-corrected chi connectivity index (χ3v) is 4.70. The summed E-state index contributed by atoms with van der Waals surface area (Å²) in [6.45, 7) is 11.1. The van der Waals surface area contributed by atoms with E-state index in [-0.39, 0.29) is 17.3 Å². The molecule has 1 heterocycles. The standard InChI is InChI=1S/C24H26O6/c1-13(2)28-24(26)17(6)29-18-7-8-19-21(11-18)27-12-22(23(19)25)30-20-10-14(3)9-15(4)16(20)5/h7-13,17H,1-6H3. The van der Waals surface area contributed by atoms with Crippen molar-refractivity contribution in [2.45, 2.75) is 53.8 Å². The van der Waals surface area contributed by atoms with E-state index in [1.54, 1.807) is 39.0 Å². The maximum absolute atomic E-state index is 12.9. The molecule has 0 spiro atoms. The lowest BCUT2D eigenvalue weighted by molar-refractivity contribution is -0.154. The number of aryl methyl sites for hydroxylation is 2. The fourth-order valence-corrected chi connectivity index (χ4v) is 3.04. The van der Waals surface area contributed by atoms with Gasteiger partial charge in [-0.15, -0.1) is 0 Å². The molecule has 0 radical (unpaired) electrons. The highest BCUT2D eigenvalue weighted by molar-refractivity contribution is 5.79. The fraction of sp³-hybridized carbons (Fsp3) is 0.333. The molecule has 6 heteroatoms. The third-order valence-electron chi connectivity index (χ3n) is 4.70. The lowest BCUT2D eigenvalue weighted by Crippen LogP contribution is -2.28. The Labute approximate surface area is 175 Å². The number of hydrogen-bond acceptors (Lipinski definition) is 6. The van der Waals surface area contributed by atoms with Gasteiger partial charge >= 0.3 is 5.97 Å². The Kier molecular flexibility index (Phi) is 6.15. The molecule has 0 bridgehead atoms. The van der Waals surface area contributed by atoms with Crippen LogP contribution in [-0.4, -0.2) is 18.2 Å². The SMILES string of the molecule is Cc1cc(C)c(C)c(Oc2coc3cc(OC(C)C(=O)OC(C)C)ccc3c2=O)c1. The van der Waals surface area contributed by atoms with Crippen molar-refractivity contribution in [1.82, 2.24) is 0 Å². The van der Waals surface area contributed by atoms with E-state index in [0.717, 1.165) is 16.7 Å². The second kappa shape index (κ2) is 8.61. The van der Waals surface area contributed by atoms with Crippen molar-refractivity contribution in [3.63, 3.8) is 0 Å². The molecule has 1 atom stereocenters. The molecule has 0 aliphatic carbocycles. The molecule has 0 amide bonds. The van der Waals surface area contributed by atoms with Gasteiger partial charge in [-0.05, 0) is 76.4 Å². The lowest BCUT2D eigenvalue weighted by Gasteiger charge is -2.16. The van der Waals surface area contributed by atoms with Crippen LogP contribution in [0.3, 0.4) is 0 Å². The number of esters is 1. The number of hydrogen-bond donors (Lipinski definition) is 0. The molecule has 158 valence electrons. The number of ether oxygens (including phenoxy) is 3. The van der Waals surface area contributed by atoms with Gasteiger partial charge in [-0.1, -0.05) is 6.07 Å². The van der Waals surface area contributed by atoms with E-state index in [1.807, 2.05) is 26.8 Å². The predicted octanol–water partition coefficient (Wildman–Crippen LogP) is 5.23. The minimum Gasteiger partial charge on any atom is -0.479 e. The van der Waals surface area contributed by atoms with Gasteiger partial charge in [0.15, 0.2) is 6.10 Å². The molecular weight excluding hydrogens is 384 g/mol. The van der Waals surface area contributed by atoms with Crippen LogP contribution in [0.5, 0.6) is 17.2 Å². The normalized spacial score (nSPS) is 12.1. The van der Waals surface area contributed by atoms with E-state index in [2.05, 4.69) is 6.07 Å². The Bertz CT molecular complexity index is 1140. The van der Waals surface area contributed by atoms with E-state index >= 15 is 0 Å². The first kappa shape index (κ1) is 21.4. The lowest BCUT2D eigenvalue weighted by atomic mass is 10.1. The van der Waals surface area contributed by atoms with Crippen molar-refractivity contribution in [2.75, 3.05) is 0 Å². The Morgan fingerprint density at radius 3 is 2.43 bits per heavy atom. The molecule has 3 rings (SSSR count). The zero-order chi connectivity index (χ0) is 22.0. The predicted molar refractivity (Wildman–Crippen MR) is 115 cm³/mol. The molecule has 0 fully saturated rings. The second-order valence-electron chi connectivity index (χ2n) is 7.64. The van der Waals surface area contributed by atoms with E-state index < -0.39 is 12.1 Å². The minimum absolute atomic E-state index is 0.109. The maximum atomic E-state index is 12.9. The van der Waals surface area contributed by atoms with Crippen molar-refractivity contribution in [3.05, 3.63) is 63.5 Å². The zero-order valence-corrected chi connectivity index (χ0v) is 18.1. The zero-order valence-electron chi connectivity index (χ0n) is 18.1. The Hall–Kier alpha value is -3.28. The number of fused-ring (bicyclic) bond motifs is 1. The Morgan fingerprint density at radius 1 is 1.00 bits per heavy atom. The summed E-state index contributed by atoms with van der Waals surface area (Å²) < 4.78 is 22.3. The van der Waals surface area contributed by atoms with E-state index in [4.69, 9.17) is 18.6 Å². The van der Waals surface area contributed by atoms with Crippen LogP contribution in [0.4, 0.5) is 0 Å². The van der Waals surface area contributed by atoms with Gasteiger partial charge in [-0.25, -0.2) is 4.79 Å². The Morgan fingerprint density at radius 2 is 1.73 bits per heavy atom. The molecule has 6 nitrogen and oxygen atoms in total. The van der Waals surface area contributed by atoms with E-state index in [1.165, 1.54) is 6.26 Å². The van der Waals surface area contributed by atoms with Crippen LogP contribution in [-0.2, 0) is 9.53 Å². The average molecular weight is 410 g/mol. The van der Waals surface area contributed by atoms with Crippen molar-refractivity contribution in [2.24, 2.45) is 0 Å². The molecule has 30 heavy (non-hydrogen) atoms. The van der Waals surface area contributed by atoms with Crippen LogP contribution < -0.4 is 14.9 Å². The van der Waals surface area contributed by atoms with Gasteiger partial charge in [-0.3, -0.25) is 4.79 Å². The van der Waals surface area contributed by atoms with Gasteiger partial charge in [0.25, 0.3) is 0 Å². The number of carbonyl (C=O) groups is 1. The molecule has 0 saturated carbocycles. The summed E-state index contributed by atoms with van der Waals surface area (Å²) in [5.74, 6) is 0.673. The monoisotopic (exact) mass is 410 g/mol. The first-order valence-electron chi connectivity index (χ1n) is 9.84. The van der Waals surface area contributed by atoms with Gasteiger partial charge in [0.2, 0.25) is 11.2 Å². The fourth-order valence-electron chi connectivity index (χ4n) is 3.04. The number of rotatable bonds is 6. The summed E-state index contributed by atoms with van der Waals surface area (Å²) in [6.07, 6.45) is 0.284. The minimum atomic E-state index is -0.785. The summed E-state index contributed by atoms with van der Waals surface area (Å²) in [5, 5.41) is 0.360. The summed E-state index contributed by atoms with van der Waals surface area (Å²) in [4.78, 5) is 24.8. The van der Waals surface area contributed by atoms with Crippen LogP contribution in [0, 0.1) is 20.8 Å². The quantitative estimate of drug-likeness (QED) is 0.518. The van der Waals surface area contributed by atoms with Gasteiger partial charge in [0.1, 0.15) is 23.3 Å². The molecule has 0 N–H and O–H groups in total. The van der Waals surface area contributed by atoms with Crippen molar-refractivity contribution in [3.8, 4) is 17.2 Å². The van der Waals surface area contributed by atoms with Gasteiger partial charge in [0, 0.05) is 6.07 Å². The molecule has 0 aliphatic heterocycles. The highest BCUT2D eigenvalue weighted by Gasteiger charge is 2.19. The van der Waals surface area contributed by atoms with Gasteiger partial charge < -0.3 is 18.6 Å². The maximum Gasteiger partial charge on any atom is 0.347 e. The molecule has 0 aliphatic rings. The highest BCUT2D eigenvalue weighted by Crippen LogP contribution is 2.29. The molecule has 0 saturated heterocycles. The summed E-state index contributed by atoms with van der Waals surface area (Å²) >= 11 is 0. The topological polar surface area (TPSA) is 75.0 Å². The summed E-state index contributed by atoms with van der Waals surface area (Å²) in [6, 6.07) is 8.73. The van der Waals surface area contributed by atoms with E-state index in [9.17, 15) is 9.59 Å². The highest BCUT2D eigenvalue weighted by atomic mass is 16.6. The first-order valence-corrected chi connectivity index (χ1v) is 9.84. The number of carbonyl (C=O) groups excluding carboxylic acids is 1. The molecular formula is C24H26O6. The van der Waals surface area contributed by atoms with Crippen molar-refractivity contribution >= 4 is 16.9 Å². The van der Waals surface area contributed by atoms with Crippen LogP contribution in [0.15, 0.2) is 45.8 Å². The largest absolute Gasteiger partial charge is 0.479 e. The first-order chi connectivity index (χ1) is 14.2. The van der Waals surface area contributed by atoms with Gasteiger partial charge in [-0.2, -0.15) is 0 Å².